The molecule has 1 saturated heterocycles. The molecule has 0 radical (unpaired) electrons. The SMILES string of the molecule is CC1(C#Cc2ccccc2)CCCN1Cc1ccccc1. The average Bonchev–Trinajstić information content (AvgIpc) is 2.89. The van der Waals surface area contributed by atoms with E-state index in [9.17, 15) is 0 Å². The lowest BCUT2D eigenvalue weighted by molar-refractivity contribution is 0.203. The van der Waals surface area contributed by atoms with Gasteiger partial charge in [0, 0.05) is 18.7 Å². The molecule has 0 aliphatic carbocycles. The minimum atomic E-state index is -0.00825. The largest absolute Gasteiger partial charge is 0.283 e. The lowest BCUT2D eigenvalue weighted by Gasteiger charge is -2.30. The molecule has 1 unspecified atom stereocenters. The molecule has 21 heavy (non-hydrogen) atoms. The maximum absolute atomic E-state index is 3.52. The Morgan fingerprint density at radius 1 is 1.00 bits per heavy atom. The molecule has 1 aliphatic rings. The lowest BCUT2D eigenvalue weighted by atomic mass is 9.98. The lowest BCUT2D eigenvalue weighted by Crippen LogP contribution is -2.39. The Labute approximate surface area is 127 Å². The van der Waals surface area contributed by atoms with Gasteiger partial charge in [-0.1, -0.05) is 60.4 Å². The molecule has 2 aromatic carbocycles. The Morgan fingerprint density at radius 2 is 1.67 bits per heavy atom. The summed E-state index contributed by atoms with van der Waals surface area (Å²) >= 11 is 0. The van der Waals surface area contributed by atoms with E-state index in [4.69, 9.17) is 0 Å². The molecular weight excluding hydrogens is 254 g/mol. The number of benzene rings is 2. The van der Waals surface area contributed by atoms with Crippen LogP contribution in [0.25, 0.3) is 0 Å². The highest BCUT2D eigenvalue weighted by molar-refractivity contribution is 5.37. The summed E-state index contributed by atoms with van der Waals surface area (Å²) in [6.07, 6.45) is 2.38. The molecule has 1 aliphatic heterocycles. The second-order valence-electron chi connectivity index (χ2n) is 5.90. The van der Waals surface area contributed by atoms with Gasteiger partial charge in [0.2, 0.25) is 0 Å². The van der Waals surface area contributed by atoms with E-state index in [1.54, 1.807) is 0 Å². The first-order valence-corrected chi connectivity index (χ1v) is 7.63. The van der Waals surface area contributed by atoms with Crippen LogP contribution in [0.2, 0.25) is 0 Å². The molecule has 106 valence electrons. The van der Waals surface area contributed by atoms with Crippen LogP contribution in [0.1, 0.15) is 30.9 Å². The van der Waals surface area contributed by atoms with Gasteiger partial charge in [0.05, 0.1) is 5.54 Å². The first-order chi connectivity index (χ1) is 10.3. The Morgan fingerprint density at radius 3 is 2.38 bits per heavy atom. The molecule has 0 aromatic heterocycles. The Bertz CT molecular complexity index is 636. The maximum atomic E-state index is 3.52. The van der Waals surface area contributed by atoms with Gasteiger partial charge in [-0.15, -0.1) is 0 Å². The predicted octanol–water partition coefficient (Wildman–Crippen LogP) is 4.09. The first kappa shape index (κ1) is 13.9. The smallest absolute Gasteiger partial charge is 0.0804 e. The van der Waals surface area contributed by atoms with Gasteiger partial charge in [-0.05, 0) is 37.5 Å². The minimum absolute atomic E-state index is 0.00825. The van der Waals surface area contributed by atoms with Crippen LogP contribution < -0.4 is 0 Å². The van der Waals surface area contributed by atoms with E-state index in [2.05, 4.69) is 66.1 Å². The van der Waals surface area contributed by atoms with Gasteiger partial charge in [-0.2, -0.15) is 0 Å². The molecule has 0 saturated carbocycles. The number of hydrogen-bond acceptors (Lipinski definition) is 1. The number of hydrogen-bond donors (Lipinski definition) is 0. The summed E-state index contributed by atoms with van der Waals surface area (Å²) in [4.78, 5) is 2.51. The van der Waals surface area contributed by atoms with Gasteiger partial charge < -0.3 is 0 Å². The van der Waals surface area contributed by atoms with E-state index in [1.165, 1.54) is 12.0 Å². The summed E-state index contributed by atoms with van der Waals surface area (Å²) in [5, 5.41) is 0. The van der Waals surface area contributed by atoms with Crippen LogP contribution in [-0.2, 0) is 6.54 Å². The van der Waals surface area contributed by atoms with Crippen LogP contribution in [0.5, 0.6) is 0 Å². The van der Waals surface area contributed by atoms with Gasteiger partial charge in [0.1, 0.15) is 0 Å². The molecule has 0 spiro atoms. The van der Waals surface area contributed by atoms with Crippen LogP contribution in [0.3, 0.4) is 0 Å². The fourth-order valence-electron chi connectivity index (χ4n) is 2.95. The summed E-state index contributed by atoms with van der Waals surface area (Å²) in [5.74, 6) is 6.87. The Hall–Kier alpha value is -2.04. The molecule has 1 atom stereocenters. The van der Waals surface area contributed by atoms with E-state index < -0.39 is 0 Å². The predicted molar refractivity (Wildman–Crippen MR) is 87.8 cm³/mol. The second-order valence-corrected chi connectivity index (χ2v) is 5.90. The number of rotatable bonds is 2. The third kappa shape index (κ3) is 3.35. The average molecular weight is 275 g/mol. The zero-order chi connectivity index (χ0) is 14.5. The van der Waals surface area contributed by atoms with E-state index in [1.807, 2.05) is 18.2 Å². The molecule has 3 rings (SSSR count). The van der Waals surface area contributed by atoms with Gasteiger partial charge in [-0.3, -0.25) is 4.90 Å². The minimum Gasteiger partial charge on any atom is -0.283 e. The van der Waals surface area contributed by atoms with Crippen LogP contribution in [0, 0.1) is 11.8 Å². The van der Waals surface area contributed by atoms with Crippen LogP contribution in [-0.4, -0.2) is 17.0 Å². The summed E-state index contributed by atoms with van der Waals surface area (Å²) < 4.78 is 0. The molecule has 1 heteroatoms. The monoisotopic (exact) mass is 275 g/mol. The van der Waals surface area contributed by atoms with Crippen molar-refractivity contribution in [2.75, 3.05) is 6.54 Å². The standard InChI is InChI=1S/C20H21N/c1-20(15-13-18-9-4-2-5-10-18)14-8-16-21(20)17-19-11-6-3-7-12-19/h2-7,9-12H,8,14,16-17H2,1H3. The van der Waals surface area contributed by atoms with Gasteiger partial charge in [0.25, 0.3) is 0 Å². The third-order valence-corrected chi connectivity index (χ3v) is 4.26. The third-order valence-electron chi connectivity index (χ3n) is 4.26. The molecule has 1 heterocycles. The van der Waals surface area contributed by atoms with Gasteiger partial charge in [0.15, 0.2) is 0 Å². The summed E-state index contributed by atoms with van der Waals surface area (Å²) in [6, 6.07) is 21.0. The molecule has 0 N–H and O–H groups in total. The van der Waals surface area contributed by atoms with Crippen LogP contribution in [0.4, 0.5) is 0 Å². The van der Waals surface area contributed by atoms with Crippen molar-refractivity contribution in [3.05, 3.63) is 71.8 Å². The highest BCUT2D eigenvalue weighted by Crippen LogP contribution is 2.30. The quantitative estimate of drug-likeness (QED) is 0.746. The Balaban J connectivity index is 1.78. The summed E-state index contributed by atoms with van der Waals surface area (Å²) in [5.41, 5.74) is 2.46. The summed E-state index contributed by atoms with van der Waals surface area (Å²) in [7, 11) is 0. The van der Waals surface area contributed by atoms with Crippen molar-refractivity contribution in [2.24, 2.45) is 0 Å². The molecule has 1 nitrogen and oxygen atoms in total. The van der Waals surface area contributed by atoms with Crippen molar-refractivity contribution in [3.8, 4) is 11.8 Å². The van der Waals surface area contributed by atoms with Crippen molar-refractivity contribution in [1.29, 1.82) is 0 Å². The zero-order valence-corrected chi connectivity index (χ0v) is 12.5. The molecular formula is C20H21N. The molecule has 2 aromatic rings. The van der Waals surface area contributed by atoms with Crippen molar-refractivity contribution in [1.82, 2.24) is 4.90 Å². The van der Waals surface area contributed by atoms with E-state index >= 15 is 0 Å². The van der Waals surface area contributed by atoms with Gasteiger partial charge >= 0.3 is 0 Å². The van der Waals surface area contributed by atoms with E-state index in [0.29, 0.717) is 0 Å². The summed E-state index contributed by atoms with van der Waals surface area (Å²) in [6.45, 7) is 4.40. The Kier molecular flexibility index (Phi) is 4.08. The molecule has 0 bridgehead atoms. The molecule has 1 fully saturated rings. The second kappa shape index (κ2) is 6.16. The van der Waals surface area contributed by atoms with E-state index in [0.717, 1.165) is 25.1 Å². The first-order valence-electron chi connectivity index (χ1n) is 7.63. The van der Waals surface area contributed by atoms with Crippen molar-refractivity contribution < 1.29 is 0 Å². The van der Waals surface area contributed by atoms with Crippen LogP contribution in [0.15, 0.2) is 60.7 Å². The van der Waals surface area contributed by atoms with Crippen LogP contribution >= 0.6 is 0 Å². The normalized spacial score (nSPS) is 21.8. The number of likely N-dealkylation sites (tertiary alicyclic amines) is 1. The number of nitrogens with zero attached hydrogens (tertiary/aromatic N) is 1. The van der Waals surface area contributed by atoms with Gasteiger partial charge in [-0.25, -0.2) is 0 Å². The van der Waals surface area contributed by atoms with Crippen molar-refractivity contribution >= 4 is 0 Å². The maximum Gasteiger partial charge on any atom is 0.0804 e. The highest BCUT2D eigenvalue weighted by Gasteiger charge is 2.34. The topological polar surface area (TPSA) is 3.24 Å². The fraction of sp³-hybridized carbons (Fsp3) is 0.300. The van der Waals surface area contributed by atoms with E-state index in [-0.39, 0.29) is 5.54 Å². The van der Waals surface area contributed by atoms with Crippen molar-refractivity contribution in [2.45, 2.75) is 31.8 Å². The molecule has 0 amide bonds. The highest BCUT2D eigenvalue weighted by atomic mass is 15.2. The fourth-order valence-corrected chi connectivity index (χ4v) is 2.95. The van der Waals surface area contributed by atoms with Crippen molar-refractivity contribution in [3.63, 3.8) is 0 Å². The zero-order valence-electron chi connectivity index (χ0n) is 12.5.